The minimum Gasteiger partial charge on any atom is -0.360 e. The topological polar surface area (TPSA) is 79.8 Å². The molecule has 0 saturated heterocycles. The van der Waals surface area contributed by atoms with Gasteiger partial charge in [0.2, 0.25) is 0 Å². The Morgan fingerprint density at radius 1 is 1.30 bits per heavy atom. The minimum atomic E-state index is -3.86. The molecule has 0 saturated carbocycles. The molecule has 0 spiro atoms. The first-order chi connectivity index (χ1) is 10.9. The number of halogens is 3. The van der Waals surface area contributed by atoms with Crippen molar-refractivity contribution in [2.75, 3.05) is 11.4 Å². The van der Waals surface area contributed by atoms with E-state index >= 15 is 0 Å². The molecule has 10 heteroatoms. The van der Waals surface area contributed by atoms with Crippen molar-refractivity contribution in [2.45, 2.75) is 11.4 Å². The third kappa shape index (κ3) is 3.15. The van der Waals surface area contributed by atoms with Gasteiger partial charge < -0.3 is 4.98 Å². The Balaban J connectivity index is 1.97. The number of anilines is 1. The number of alkyl halides is 1. The normalized spacial score (nSPS) is 12.0. The number of sulfonamides is 1. The van der Waals surface area contributed by atoms with Gasteiger partial charge in [-0.1, -0.05) is 23.2 Å². The molecule has 1 aromatic carbocycles. The lowest BCUT2D eigenvalue weighted by atomic mass is 10.2. The second kappa shape index (κ2) is 6.03. The molecule has 0 bridgehead atoms. The molecule has 6 nitrogen and oxygen atoms in total. The van der Waals surface area contributed by atoms with E-state index in [1.807, 2.05) is 0 Å². The predicted octanol–water partition coefficient (Wildman–Crippen LogP) is 3.44. The van der Waals surface area contributed by atoms with Gasteiger partial charge in [-0.25, -0.2) is 12.8 Å². The first-order valence-electron chi connectivity index (χ1n) is 6.48. The number of fused-ring (bicyclic) bond motifs is 1. The molecule has 2 heterocycles. The van der Waals surface area contributed by atoms with E-state index in [0.29, 0.717) is 15.9 Å². The van der Waals surface area contributed by atoms with Crippen molar-refractivity contribution >= 4 is 49.8 Å². The molecular weight excluding hydrogens is 366 g/mol. The number of benzene rings is 1. The number of nitrogens with zero attached hydrogens (tertiary/aromatic N) is 2. The molecule has 0 radical (unpaired) electrons. The van der Waals surface area contributed by atoms with Crippen LogP contribution in [-0.4, -0.2) is 29.9 Å². The van der Waals surface area contributed by atoms with Gasteiger partial charge in [-0.2, -0.15) is 5.10 Å². The van der Waals surface area contributed by atoms with Gasteiger partial charge in [-0.3, -0.25) is 9.40 Å². The van der Waals surface area contributed by atoms with Crippen LogP contribution in [0, 0.1) is 0 Å². The zero-order valence-electron chi connectivity index (χ0n) is 11.6. The molecule has 2 aromatic heterocycles. The average Bonchev–Trinajstić information content (AvgIpc) is 3.07. The van der Waals surface area contributed by atoms with E-state index in [4.69, 9.17) is 23.2 Å². The molecule has 0 fully saturated rings. The van der Waals surface area contributed by atoms with Crippen LogP contribution in [0.25, 0.3) is 10.9 Å². The quantitative estimate of drug-likeness (QED) is 0.715. The zero-order chi connectivity index (χ0) is 16.6. The van der Waals surface area contributed by atoms with E-state index in [9.17, 15) is 12.8 Å². The number of hydrogen-bond donors (Lipinski definition) is 2. The summed E-state index contributed by atoms with van der Waals surface area (Å²) >= 11 is 11.9. The molecule has 0 aliphatic heterocycles. The Morgan fingerprint density at radius 3 is 2.78 bits per heavy atom. The lowest BCUT2D eigenvalue weighted by Crippen LogP contribution is -2.12. The fourth-order valence-corrected chi connectivity index (χ4v) is 3.67. The summed E-state index contributed by atoms with van der Waals surface area (Å²) in [5.41, 5.74) is 0.792. The summed E-state index contributed by atoms with van der Waals surface area (Å²) in [6.45, 7) is -0.529. The maximum absolute atomic E-state index is 12.5. The van der Waals surface area contributed by atoms with Crippen LogP contribution in [-0.2, 0) is 16.6 Å². The van der Waals surface area contributed by atoms with Crippen molar-refractivity contribution in [3.8, 4) is 0 Å². The number of aromatic nitrogens is 3. The van der Waals surface area contributed by atoms with Gasteiger partial charge in [0.15, 0.2) is 0 Å². The van der Waals surface area contributed by atoms with Crippen LogP contribution in [0.4, 0.5) is 10.1 Å². The molecular formula is C13H11Cl2FN4O2S. The molecule has 0 aliphatic rings. The maximum atomic E-state index is 12.5. The van der Waals surface area contributed by atoms with E-state index in [0.717, 1.165) is 0 Å². The third-order valence-corrected chi connectivity index (χ3v) is 5.32. The lowest BCUT2D eigenvalue weighted by Gasteiger charge is -2.05. The van der Waals surface area contributed by atoms with Crippen LogP contribution >= 0.6 is 23.2 Å². The highest BCUT2D eigenvalue weighted by Crippen LogP contribution is 2.31. The molecule has 0 unspecified atom stereocenters. The minimum absolute atomic E-state index is 0.0318. The SMILES string of the molecule is O=S(=O)(Nc1cnn(CCF)c1)c1c[nH]c2cc(Cl)c(Cl)cc12. The summed E-state index contributed by atoms with van der Waals surface area (Å²) in [5, 5.41) is 4.86. The molecule has 0 amide bonds. The number of rotatable bonds is 5. The van der Waals surface area contributed by atoms with Crippen molar-refractivity contribution in [1.82, 2.24) is 14.8 Å². The number of aromatic amines is 1. The number of nitrogens with one attached hydrogen (secondary N) is 2. The van der Waals surface area contributed by atoms with Crippen LogP contribution in [0.2, 0.25) is 10.0 Å². The number of H-pyrrole nitrogens is 1. The van der Waals surface area contributed by atoms with E-state index in [2.05, 4.69) is 14.8 Å². The van der Waals surface area contributed by atoms with Crippen molar-refractivity contribution in [1.29, 1.82) is 0 Å². The summed E-state index contributed by atoms with van der Waals surface area (Å²) in [6, 6.07) is 3.04. The van der Waals surface area contributed by atoms with Crippen molar-refractivity contribution in [3.63, 3.8) is 0 Å². The van der Waals surface area contributed by atoms with Crippen molar-refractivity contribution in [2.24, 2.45) is 0 Å². The van der Waals surface area contributed by atoms with Gasteiger partial charge in [0.05, 0.1) is 28.5 Å². The van der Waals surface area contributed by atoms with Crippen molar-refractivity contribution in [3.05, 3.63) is 40.8 Å². The second-order valence-electron chi connectivity index (χ2n) is 4.75. The third-order valence-electron chi connectivity index (χ3n) is 3.17. The fraction of sp³-hybridized carbons (Fsp3) is 0.154. The summed E-state index contributed by atoms with van der Waals surface area (Å²) in [7, 11) is -3.86. The standard InChI is InChI=1S/C13H11Cl2FN4O2S/c14-10-3-9-12(4-11(10)15)17-6-13(9)23(21,22)19-8-5-18-20(7-8)2-1-16/h3-7,17,19H,1-2H2. The molecule has 0 aliphatic carbocycles. The summed E-state index contributed by atoms with van der Waals surface area (Å²) in [5.74, 6) is 0. The molecule has 122 valence electrons. The van der Waals surface area contributed by atoms with E-state index in [-0.39, 0.29) is 22.2 Å². The highest BCUT2D eigenvalue weighted by Gasteiger charge is 2.20. The predicted molar refractivity (Wildman–Crippen MR) is 87.3 cm³/mol. The smallest absolute Gasteiger partial charge is 0.264 e. The fourth-order valence-electron chi connectivity index (χ4n) is 2.15. The Labute approximate surface area is 141 Å². The molecule has 2 N–H and O–H groups in total. The van der Waals surface area contributed by atoms with Crippen molar-refractivity contribution < 1.29 is 12.8 Å². The van der Waals surface area contributed by atoms with Crippen LogP contribution in [0.1, 0.15) is 0 Å². The Kier molecular flexibility index (Phi) is 4.22. The van der Waals surface area contributed by atoms with Gasteiger partial charge in [-0.15, -0.1) is 0 Å². The first-order valence-corrected chi connectivity index (χ1v) is 8.72. The monoisotopic (exact) mass is 376 g/mol. The van der Waals surface area contributed by atoms with Gasteiger partial charge >= 0.3 is 0 Å². The molecule has 23 heavy (non-hydrogen) atoms. The van der Waals surface area contributed by atoms with Gasteiger partial charge in [0.1, 0.15) is 11.6 Å². The van der Waals surface area contributed by atoms with Crippen LogP contribution in [0.15, 0.2) is 35.6 Å². The van der Waals surface area contributed by atoms with E-state index in [1.165, 1.54) is 29.3 Å². The Bertz CT molecular complexity index is 968. The zero-order valence-corrected chi connectivity index (χ0v) is 13.9. The van der Waals surface area contributed by atoms with E-state index in [1.54, 1.807) is 6.07 Å². The average molecular weight is 377 g/mol. The molecule has 3 rings (SSSR count). The number of aryl methyl sites for hydroxylation is 1. The molecule has 0 atom stereocenters. The highest BCUT2D eigenvalue weighted by molar-refractivity contribution is 7.93. The lowest BCUT2D eigenvalue weighted by molar-refractivity contribution is 0.427. The largest absolute Gasteiger partial charge is 0.360 e. The summed E-state index contributed by atoms with van der Waals surface area (Å²) in [6.07, 6.45) is 4.08. The first kappa shape index (κ1) is 16.1. The second-order valence-corrected chi connectivity index (χ2v) is 7.22. The summed E-state index contributed by atoms with van der Waals surface area (Å²) in [4.78, 5) is 2.87. The Hall–Kier alpha value is -1.77. The summed E-state index contributed by atoms with van der Waals surface area (Å²) < 4.78 is 41.0. The molecule has 3 aromatic rings. The van der Waals surface area contributed by atoms with Crippen LogP contribution in [0.3, 0.4) is 0 Å². The highest BCUT2D eigenvalue weighted by atomic mass is 35.5. The van der Waals surface area contributed by atoms with Gasteiger partial charge in [0, 0.05) is 23.3 Å². The van der Waals surface area contributed by atoms with Gasteiger partial charge in [0.25, 0.3) is 10.0 Å². The van der Waals surface area contributed by atoms with Gasteiger partial charge in [-0.05, 0) is 12.1 Å². The maximum Gasteiger partial charge on any atom is 0.264 e. The van der Waals surface area contributed by atoms with Crippen LogP contribution in [0.5, 0.6) is 0 Å². The van der Waals surface area contributed by atoms with E-state index < -0.39 is 16.7 Å². The Morgan fingerprint density at radius 2 is 2.04 bits per heavy atom. The number of hydrogen-bond acceptors (Lipinski definition) is 3. The van der Waals surface area contributed by atoms with Crippen LogP contribution < -0.4 is 4.72 Å².